The fraction of sp³-hybridized carbons (Fsp3) is 0.111. The molecule has 4 heteroatoms. The van der Waals surface area contributed by atoms with Gasteiger partial charge in [-0.15, -0.1) is 0 Å². The van der Waals surface area contributed by atoms with Gasteiger partial charge in [0.1, 0.15) is 5.92 Å². The average molecular weight is 294 g/mol. The van der Waals surface area contributed by atoms with E-state index >= 15 is 0 Å². The third-order valence-corrected chi connectivity index (χ3v) is 3.77. The first-order valence-electron chi connectivity index (χ1n) is 6.87. The highest BCUT2D eigenvalue weighted by atomic mass is 16.5. The Hall–Kier alpha value is -2.56. The SMILES string of the molecule is O=C1C=C(c2ccccc2)C(=O)C(O)(O)C1c1ccccc1. The molecule has 0 bridgehead atoms. The Morgan fingerprint density at radius 3 is 1.95 bits per heavy atom. The van der Waals surface area contributed by atoms with Gasteiger partial charge in [-0.05, 0) is 17.2 Å². The van der Waals surface area contributed by atoms with Crippen LogP contribution in [0, 0.1) is 0 Å². The third-order valence-electron chi connectivity index (χ3n) is 3.77. The van der Waals surface area contributed by atoms with Crippen molar-refractivity contribution in [3.63, 3.8) is 0 Å². The molecule has 0 spiro atoms. The summed E-state index contributed by atoms with van der Waals surface area (Å²) in [5, 5.41) is 20.6. The molecule has 0 saturated heterocycles. The topological polar surface area (TPSA) is 74.6 Å². The molecule has 1 atom stereocenters. The van der Waals surface area contributed by atoms with Crippen molar-refractivity contribution in [1.29, 1.82) is 0 Å². The summed E-state index contributed by atoms with van der Waals surface area (Å²) in [6, 6.07) is 16.8. The van der Waals surface area contributed by atoms with Crippen LogP contribution in [-0.4, -0.2) is 27.6 Å². The highest BCUT2D eigenvalue weighted by Crippen LogP contribution is 2.37. The van der Waals surface area contributed by atoms with Crippen molar-refractivity contribution >= 4 is 17.1 Å². The van der Waals surface area contributed by atoms with Gasteiger partial charge in [-0.2, -0.15) is 0 Å². The minimum absolute atomic E-state index is 0.0165. The maximum absolute atomic E-state index is 12.5. The van der Waals surface area contributed by atoms with Gasteiger partial charge in [0.25, 0.3) is 0 Å². The van der Waals surface area contributed by atoms with E-state index in [4.69, 9.17) is 0 Å². The predicted molar refractivity (Wildman–Crippen MR) is 80.8 cm³/mol. The van der Waals surface area contributed by atoms with Crippen molar-refractivity contribution in [3.8, 4) is 0 Å². The van der Waals surface area contributed by atoms with E-state index in [9.17, 15) is 19.8 Å². The van der Waals surface area contributed by atoms with E-state index in [1.807, 2.05) is 0 Å². The first kappa shape index (κ1) is 14.4. The molecular formula is C18H14O4. The molecule has 4 nitrogen and oxygen atoms in total. The smallest absolute Gasteiger partial charge is 0.243 e. The Bertz CT molecular complexity index is 745. The van der Waals surface area contributed by atoms with Crippen molar-refractivity contribution < 1.29 is 19.8 Å². The number of carbonyl (C=O) groups is 2. The first-order valence-corrected chi connectivity index (χ1v) is 6.87. The quantitative estimate of drug-likeness (QED) is 0.827. The zero-order valence-corrected chi connectivity index (χ0v) is 11.6. The summed E-state index contributed by atoms with van der Waals surface area (Å²) in [4.78, 5) is 24.8. The summed E-state index contributed by atoms with van der Waals surface area (Å²) < 4.78 is 0. The lowest BCUT2D eigenvalue weighted by Gasteiger charge is -2.32. The minimum Gasteiger partial charge on any atom is -0.359 e. The van der Waals surface area contributed by atoms with Gasteiger partial charge in [0.15, 0.2) is 5.78 Å². The highest BCUT2D eigenvalue weighted by molar-refractivity contribution is 6.32. The van der Waals surface area contributed by atoms with Gasteiger partial charge in [0.2, 0.25) is 11.6 Å². The van der Waals surface area contributed by atoms with Crippen molar-refractivity contribution in [2.24, 2.45) is 0 Å². The lowest BCUT2D eigenvalue weighted by molar-refractivity contribution is -0.187. The maximum Gasteiger partial charge on any atom is 0.243 e. The Balaban J connectivity index is 2.11. The largest absolute Gasteiger partial charge is 0.359 e. The molecule has 1 aliphatic carbocycles. The standard InChI is InChI=1S/C18H14O4/c19-15-11-14(12-7-3-1-4-8-12)17(20)18(21,22)16(15)13-9-5-2-6-10-13/h1-11,16,21-22H. The van der Waals surface area contributed by atoms with Gasteiger partial charge in [-0.3, -0.25) is 9.59 Å². The van der Waals surface area contributed by atoms with Crippen LogP contribution in [0.25, 0.3) is 5.57 Å². The molecule has 2 aromatic rings. The van der Waals surface area contributed by atoms with E-state index in [0.717, 1.165) is 0 Å². The molecule has 0 fully saturated rings. The van der Waals surface area contributed by atoms with Crippen LogP contribution >= 0.6 is 0 Å². The van der Waals surface area contributed by atoms with Crippen LogP contribution in [-0.2, 0) is 9.59 Å². The zero-order chi connectivity index (χ0) is 15.7. The van der Waals surface area contributed by atoms with Crippen LogP contribution in [0.4, 0.5) is 0 Å². The van der Waals surface area contributed by atoms with E-state index in [0.29, 0.717) is 11.1 Å². The van der Waals surface area contributed by atoms with Crippen LogP contribution in [0.5, 0.6) is 0 Å². The second-order valence-electron chi connectivity index (χ2n) is 5.23. The zero-order valence-electron chi connectivity index (χ0n) is 11.6. The number of hydrogen-bond donors (Lipinski definition) is 2. The molecule has 1 aliphatic rings. The van der Waals surface area contributed by atoms with E-state index in [1.165, 1.54) is 6.08 Å². The van der Waals surface area contributed by atoms with Crippen molar-refractivity contribution in [2.45, 2.75) is 11.7 Å². The molecular weight excluding hydrogens is 280 g/mol. The first-order chi connectivity index (χ1) is 10.5. The van der Waals surface area contributed by atoms with Crippen molar-refractivity contribution in [1.82, 2.24) is 0 Å². The van der Waals surface area contributed by atoms with E-state index < -0.39 is 23.3 Å². The van der Waals surface area contributed by atoms with Gasteiger partial charge in [0.05, 0.1) is 0 Å². The lowest BCUT2D eigenvalue weighted by Crippen LogP contribution is -2.50. The fourth-order valence-electron chi connectivity index (χ4n) is 2.69. The molecule has 0 saturated carbocycles. The molecule has 0 aliphatic heterocycles. The van der Waals surface area contributed by atoms with E-state index in [1.54, 1.807) is 60.7 Å². The Labute approximate surface area is 127 Å². The number of Topliss-reactive ketones (excluding diaryl/α,β-unsaturated/α-hetero) is 1. The minimum atomic E-state index is -2.75. The number of rotatable bonds is 2. The number of benzene rings is 2. The van der Waals surface area contributed by atoms with Crippen LogP contribution in [0.3, 0.4) is 0 Å². The fourth-order valence-corrected chi connectivity index (χ4v) is 2.69. The third kappa shape index (κ3) is 2.28. The summed E-state index contributed by atoms with van der Waals surface area (Å²) in [6.07, 6.45) is 1.19. The van der Waals surface area contributed by atoms with Gasteiger partial charge >= 0.3 is 0 Å². The summed E-state index contributed by atoms with van der Waals surface area (Å²) in [5.74, 6) is -5.44. The normalized spacial score (nSPS) is 20.6. The molecule has 0 heterocycles. The number of hydrogen-bond acceptors (Lipinski definition) is 4. The second-order valence-corrected chi connectivity index (χ2v) is 5.23. The number of allylic oxidation sites excluding steroid dienone is 1. The van der Waals surface area contributed by atoms with E-state index in [2.05, 4.69) is 0 Å². The van der Waals surface area contributed by atoms with Crippen LogP contribution < -0.4 is 0 Å². The molecule has 2 aromatic carbocycles. The molecule has 0 radical (unpaired) electrons. The molecule has 2 N–H and O–H groups in total. The van der Waals surface area contributed by atoms with E-state index in [-0.39, 0.29) is 5.57 Å². The van der Waals surface area contributed by atoms with Crippen molar-refractivity contribution in [2.75, 3.05) is 0 Å². The summed E-state index contributed by atoms with van der Waals surface area (Å²) in [5.41, 5.74) is 0.900. The van der Waals surface area contributed by atoms with Gasteiger partial charge in [-0.1, -0.05) is 60.7 Å². The van der Waals surface area contributed by atoms with Crippen LogP contribution in [0.15, 0.2) is 66.7 Å². The molecule has 110 valence electrons. The number of aliphatic hydroxyl groups is 2. The summed E-state index contributed by atoms with van der Waals surface area (Å²) in [6.45, 7) is 0. The monoisotopic (exact) mass is 294 g/mol. The second kappa shape index (κ2) is 5.33. The predicted octanol–water partition coefficient (Wildman–Crippen LogP) is 1.69. The number of carbonyl (C=O) groups excluding carboxylic acids is 2. The van der Waals surface area contributed by atoms with Crippen LogP contribution in [0.2, 0.25) is 0 Å². The van der Waals surface area contributed by atoms with Crippen LogP contribution in [0.1, 0.15) is 17.0 Å². The van der Waals surface area contributed by atoms with Gasteiger partial charge < -0.3 is 10.2 Å². The summed E-state index contributed by atoms with van der Waals surface area (Å²) in [7, 11) is 0. The highest BCUT2D eigenvalue weighted by Gasteiger charge is 2.50. The Morgan fingerprint density at radius 1 is 0.818 bits per heavy atom. The van der Waals surface area contributed by atoms with Gasteiger partial charge in [0, 0.05) is 5.57 Å². The lowest BCUT2D eigenvalue weighted by atomic mass is 9.76. The molecule has 1 unspecified atom stereocenters. The number of ketones is 2. The average Bonchev–Trinajstić information content (AvgIpc) is 2.53. The Morgan fingerprint density at radius 2 is 1.36 bits per heavy atom. The molecule has 3 rings (SSSR count). The molecule has 22 heavy (non-hydrogen) atoms. The van der Waals surface area contributed by atoms with Gasteiger partial charge in [-0.25, -0.2) is 0 Å². The van der Waals surface area contributed by atoms with Crippen molar-refractivity contribution in [3.05, 3.63) is 77.9 Å². The molecule has 0 aromatic heterocycles. The maximum atomic E-state index is 12.5. The summed E-state index contributed by atoms with van der Waals surface area (Å²) >= 11 is 0. The Kier molecular flexibility index (Phi) is 3.48. The molecule has 0 amide bonds.